The van der Waals surface area contributed by atoms with Crippen molar-refractivity contribution in [3.8, 4) is 11.8 Å². The molecule has 0 saturated carbocycles. The van der Waals surface area contributed by atoms with Crippen molar-refractivity contribution < 1.29 is 5.11 Å². The summed E-state index contributed by atoms with van der Waals surface area (Å²) in [5.74, 6) is 5.97. The third-order valence-corrected chi connectivity index (χ3v) is 0.789. The minimum Gasteiger partial charge on any atom is -0.516 e. The zero-order valence-electron chi connectivity index (χ0n) is 6.81. The summed E-state index contributed by atoms with van der Waals surface area (Å²) in [7, 11) is 0. The van der Waals surface area contributed by atoms with E-state index in [0.29, 0.717) is 6.42 Å². The van der Waals surface area contributed by atoms with Gasteiger partial charge in [0.2, 0.25) is 0 Å². The smallest absolute Gasteiger partial charge is 0.0761 e. The van der Waals surface area contributed by atoms with Crippen LogP contribution in [0.25, 0.3) is 0 Å². The first-order valence-corrected chi connectivity index (χ1v) is 3.35. The molecule has 0 saturated heterocycles. The van der Waals surface area contributed by atoms with Gasteiger partial charge in [0.15, 0.2) is 0 Å². The summed E-state index contributed by atoms with van der Waals surface area (Å²) in [6, 6.07) is 0. The van der Waals surface area contributed by atoms with E-state index in [-0.39, 0.29) is 5.41 Å². The Hall–Kier alpha value is -0.900. The molecule has 0 rings (SSSR count). The van der Waals surface area contributed by atoms with Crippen molar-refractivity contribution in [2.75, 3.05) is 0 Å². The van der Waals surface area contributed by atoms with E-state index in [1.54, 1.807) is 6.08 Å². The molecule has 10 heavy (non-hydrogen) atoms. The zero-order chi connectivity index (χ0) is 8.04. The molecule has 0 radical (unpaired) electrons. The van der Waals surface area contributed by atoms with Gasteiger partial charge in [0.05, 0.1) is 6.26 Å². The maximum Gasteiger partial charge on any atom is 0.0761 e. The molecule has 1 heteroatoms. The molecule has 0 aliphatic heterocycles. The highest BCUT2D eigenvalue weighted by Gasteiger charge is 2.02. The minimum absolute atomic E-state index is 0.0727. The van der Waals surface area contributed by atoms with Crippen molar-refractivity contribution in [3.05, 3.63) is 12.3 Å². The van der Waals surface area contributed by atoms with Crippen LogP contribution in [0, 0.1) is 17.3 Å². The van der Waals surface area contributed by atoms with E-state index in [0.717, 1.165) is 6.26 Å². The number of aliphatic hydroxyl groups is 1. The molecule has 1 N–H and O–H groups in total. The van der Waals surface area contributed by atoms with Crippen LogP contribution in [0.1, 0.15) is 27.2 Å². The van der Waals surface area contributed by atoms with Gasteiger partial charge in [-0.05, 0) is 26.8 Å². The molecular formula is C9H14O. The van der Waals surface area contributed by atoms with E-state index in [4.69, 9.17) is 5.11 Å². The molecule has 0 heterocycles. The Bertz CT molecular complexity index is 161. The van der Waals surface area contributed by atoms with E-state index in [9.17, 15) is 0 Å². The Morgan fingerprint density at radius 3 is 2.40 bits per heavy atom. The van der Waals surface area contributed by atoms with Gasteiger partial charge in [-0.25, -0.2) is 0 Å². The highest BCUT2D eigenvalue weighted by molar-refractivity contribution is 5.09. The molecule has 0 atom stereocenters. The fourth-order valence-corrected chi connectivity index (χ4v) is 0.428. The molecule has 0 amide bonds. The van der Waals surface area contributed by atoms with Gasteiger partial charge in [0.25, 0.3) is 0 Å². The molecule has 0 aromatic rings. The maximum absolute atomic E-state index is 8.25. The molecular weight excluding hydrogens is 124 g/mol. The van der Waals surface area contributed by atoms with Crippen LogP contribution in [0.4, 0.5) is 0 Å². The van der Waals surface area contributed by atoms with Crippen LogP contribution in [0.3, 0.4) is 0 Å². The predicted molar refractivity (Wildman–Crippen MR) is 43.6 cm³/mol. The molecule has 0 spiro atoms. The van der Waals surface area contributed by atoms with Crippen LogP contribution in [0.5, 0.6) is 0 Å². The molecule has 56 valence electrons. The normalized spacial score (nSPS) is 11.1. The molecule has 0 unspecified atom stereocenters. The summed E-state index contributed by atoms with van der Waals surface area (Å²) in [6.07, 6.45) is 3.28. The summed E-state index contributed by atoms with van der Waals surface area (Å²) in [6.45, 7) is 6.17. The lowest BCUT2D eigenvalue weighted by Crippen LogP contribution is -1.98. The number of aliphatic hydroxyl groups excluding tert-OH is 1. The Morgan fingerprint density at radius 1 is 1.40 bits per heavy atom. The summed E-state index contributed by atoms with van der Waals surface area (Å²) < 4.78 is 0. The van der Waals surface area contributed by atoms with Gasteiger partial charge < -0.3 is 5.11 Å². The second-order valence-electron chi connectivity index (χ2n) is 3.14. The monoisotopic (exact) mass is 138 g/mol. The third-order valence-electron chi connectivity index (χ3n) is 0.789. The Balaban J connectivity index is 3.70. The van der Waals surface area contributed by atoms with Crippen LogP contribution in [0.2, 0.25) is 0 Å². The first kappa shape index (κ1) is 9.10. The first-order chi connectivity index (χ1) is 4.56. The van der Waals surface area contributed by atoms with Crippen molar-refractivity contribution in [1.29, 1.82) is 0 Å². The van der Waals surface area contributed by atoms with Crippen molar-refractivity contribution >= 4 is 0 Å². The fourth-order valence-electron chi connectivity index (χ4n) is 0.428. The second-order valence-corrected chi connectivity index (χ2v) is 3.14. The van der Waals surface area contributed by atoms with E-state index >= 15 is 0 Å². The van der Waals surface area contributed by atoms with Gasteiger partial charge in [0.1, 0.15) is 0 Å². The molecule has 0 aliphatic carbocycles. The molecule has 0 aromatic heterocycles. The average Bonchev–Trinajstić information content (AvgIpc) is 1.78. The maximum atomic E-state index is 8.25. The largest absolute Gasteiger partial charge is 0.516 e. The predicted octanol–water partition coefficient (Wildman–Crippen LogP) is 2.50. The number of hydrogen-bond donors (Lipinski definition) is 1. The molecule has 0 aliphatic rings. The fraction of sp³-hybridized carbons (Fsp3) is 0.556. The minimum atomic E-state index is 0.0727. The van der Waals surface area contributed by atoms with Gasteiger partial charge >= 0.3 is 0 Å². The summed E-state index contributed by atoms with van der Waals surface area (Å²) in [4.78, 5) is 0. The Labute approximate surface area is 62.8 Å². The standard InChI is InChI=1S/C9H14O/c1-9(2,3)7-5-4-6-8-10/h6,8,10H,4H2,1-3H3. The summed E-state index contributed by atoms with van der Waals surface area (Å²) in [5.41, 5.74) is 0.0727. The second kappa shape index (κ2) is 4.00. The quantitative estimate of drug-likeness (QED) is 0.436. The molecule has 0 bridgehead atoms. The highest BCUT2D eigenvalue weighted by atomic mass is 16.2. The number of hydrogen-bond acceptors (Lipinski definition) is 1. The summed E-state index contributed by atoms with van der Waals surface area (Å²) in [5, 5.41) is 8.25. The molecule has 0 aromatic carbocycles. The van der Waals surface area contributed by atoms with Crippen LogP contribution >= 0.6 is 0 Å². The first-order valence-electron chi connectivity index (χ1n) is 3.35. The summed E-state index contributed by atoms with van der Waals surface area (Å²) >= 11 is 0. The lowest BCUT2D eigenvalue weighted by atomic mass is 9.98. The Kier molecular flexibility index (Phi) is 3.64. The van der Waals surface area contributed by atoms with Gasteiger partial charge in [0, 0.05) is 11.8 Å². The van der Waals surface area contributed by atoms with Crippen LogP contribution in [-0.4, -0.2) is 5.11 Å². The van der Waals surface area contributed by atoms with Gasteiger partial charge in [-0.1, -0.05) is 11.8 Å². The zero-order valence-corrected chi connectivity index (χ0v) is 6.81. The van der Waals surface area contributed by atoms with Crippen molar-refractivity contribution in [2.45, 2.75) is 27.2 Å². The third kappa shape index (κ3) is 7.10. The average molecular weight is 138 g/mol. The van der Waals surface area contributed by atoms with Crippen molar-refractivity contribution in [3.63, 3.8) is 0 Å². The lowest BCUT2D eigenvalue weighted by Gasteiger charge is -2.06. The molecule has 0 fully saturated rings. The Morgan fingerprint density at radius 2 is 2.00 bits per heavy atom. The van der Waals surface area contributed by atoms with Gasteiger partial charge in [-0.2, -0.15) is 0 Å². The van der Waals surface area contributed by atoms with Crippen LogP contribution < -0.4 is 0 Å². The van der Waals surface area contributed by atoms with Crippen LogP contribution in [-0.2, 0) is 0 Å². The van der Waals surface area contributed by atoms with Gasteiger partial charge in [-0.3, -0.25) is 0 Å². The van der Waals surface area contributed by atoms with Crippen molar-refractivity contribution in [1.82, 2.24) is 0 Å². The number of allylic oxidation sites excluding steroid dienone is 1. The van der Waals surface area contributed by atoms with E-state index in [2.05, 4.69) is 32.6 Å². The van der Waals surface area contributed by atoms with E-state index < -0.39 is 0 Å². The molecule has 1 nitrogen and oxygen atoms in total. The van der Waals surface area contributed by atoms with E-state index in [1.165, 1.54) is 0 Å². The van der Waals surface area contributed by atoms with Gasteiger partial charge in [-0.15, -0.1) is 0 Å². The SMILES string of the molecule is CC(C)(C)C#CCC=CO. The number of rotatable bonds is 1. The highest BCUT2D eigenvalue weighted by Crippen LogP contribution is 2.09. The van der Waals surface area contributed by atoms with Crippen molar-refractivity contribution in [2.24, 2.45) is 5.41 Å². The van der Waals surface area contributed by atoms with Crippen LogP contribution in [0.15, 0.2) is 12.3 Å². The topological polar surface area (TPSA) is 20.2 Å². The van der Waals surface area contributed by atoms with E-state index in [1.807, 2.05) is 0 Å². The lowest BCUT2D eigenvalue weighted by molar-refractivity contribution is 0.472.